The molecule has 2 fully saturated rings. The third kappa shape index (κ3) is 4.10. The minimum atomic E-state index is 0.624. The van der Waals surface area contributed by atoms with Gasteiger partial charge >= 0.3 is 0 Å². The number of rotatable bonds is 5. The Bertz CT molecular complexity index is 279. The maximum absolute atomic E-state index is 3.81. The lowest BCUT2D eigenvalue weighted by molar-refractivity contribution is 0.136. The molecule has 0 aromatic heterocycles. The Morgan fingerprint density at radius 1 is 1.28 bits per heavy atom. The number of likely N-dealkylation sites (tertiary alicyclic amines) is 1. The van der Waals surface area contributed by atoms with Crippen LogP contribution < -0.4 is 5.32 Å². The highest BCUT2D eigenvalue weighted by molar-refractivity contribution is 4.96. The van der Waals surface area contributed by atoms with E-state index in [0.29, 0.717) is 5.41 Å². The van der Waals surface area contributed by atoms with Crippen LogP contribution in [0.5, 0.6) is 0 Å². The molecule has 2 aliphatic rings. The van der Waals surface area contributed by atoms with Crippen molar-refractivity contribution >= 4 is 0 Å². The molecule has 2 rings (SSSR count). The van der Waals surface area contributed by atoms with Gasteiger partial charge in [-0.1, -0.05) is 25.0 Å². The minimum absolute atomic E-state index is 0.624. The summed E-state index contributed by atoms with van der Waals surface area (Å²) in [4.78, 5) is 2.58. The number of hydrogen-bond acceptors (Lipinski definition) is 2. The lowest BCUT2D eigenvalue weighted by Crippen LogP contribution is -2.47. The summed E-state index contributed by atoms with van der Waals surface area (Å²) in [7, 11) is 0. The molecule has 0 aromatic carbocycles. The van der Waals surface area contributed by atoms with Crippen molar-refractivity contribution in [3.63, 3.8) is 0 Å². The molecule has 1 saturated carbocycles. The fraction of sp³-hybridized carbons (Fsp3) is 0.875. The van der Waals surface area contributed by atoms with Gasteiger partial charge in [0, 0.05) is 19.1 Å². The lowest BCUT2D eigenvalue weighted by Gasteiger charge is -2.41. The van der Waals surface area contributed by atoms with Crippen molar-refractivity contribution < 1.29 is 0 Å². The highest BCUT2D eigenvalue weighted by Crippen LogP contribution is 2.39. The normalized spacial score (nSPS) is 24.6. The van der Waals surface area contributed by atoms with Crippen LogP contribution >= 0.6 is 0 Å². The van der Waals surface area contributed by atoms with Crippen molar-refractivity contribution in [3.05, 3.63) is 11.6 Å². The Labute approximate surface area is 113 Å². The van der Waals surface area contributed by atoms with E-state index in [-0.39, 0.29) is 0 Å². The smallest absolute Gasteiger partial charge is 0.0165 e. The largest absolute Gasteiger partial charge is 0.313 e. The van der Waals surface area contributed by atoms with Gasteiger partial charge in [0.05, 0.1) is 0 Å². The highest BCUT2D eigenvalue weighted by atomic mass is 15.1. The summed E-state index contributed by atoms with van der Waals surface area (Å²) in [5.74, 6) is 0. The van der Waals surface area contributed by atoms with Crippen molar-refractivity contribution in [2.24, 2.45) is 5.41 Å². The Hall–Kier alpha value is -0.340. The van der Waals surface area contributed by atoms with E-state index in [0.717, 1.165) is 12.6 Å². The number of allylic oxidation sites excluding steroid dienone is 1. The first-order chi connectivity index (χ1) is 8.57. The molecule has 0 atom stereocenters. The predicted octanol–water partition coefficient (Wildman–Crippen LogP) is 3.20. The van der Waals surface area contributed by atoms with E-state index < -0.39 is 0 Å². The van der Waals surface area contributed by atoms with Gasteiger partial charge in [-0.25, -0.2) is 0 Å². The molecule has 18 heavy (non-hydrogen) atoms. The third-order valence-corrected chi connectivity index (χ3v) is 4.72. The average Bonchev–Trinajstić information content (AvgIpc) is 2.33. The van der Waals surface area contributed by atoms with Gasteiger partial charge in [0.1, 0.15) is 0 Å². The number of nitrogens with zero attached hydrogens (tertiary/aromatic N) is 1. The molecule has 1 aliphatic carbocycles. The predicted molar refractivity (Wildman–Crippen MR) is 78.9 cm³/mol. The maximum Gasteiger partial charge on any atom is 0.0165 e. The molecule has 1 saturated heterocycles. The molecule has 0 unspecified atom stereocenters. The summed E-state index contributed by atoms with van der Waals surface area (Å²) < 4.78 is 0. The maximum atomic E-state index is 3.81. The Balaban J connectivity index is 1.62. The van der Waals surface area contributed by atoms with Crippen LogP contribution in [0.4, 0.5) is 0 Å². The van der Waals surface area contributed by atoms with Crippen LogP contribution in [0.2, 0.25) is 0 Å². The van der Waals surface area contributed by atoms with Crippen molar-refractivity contribution in [3.8, 4) is 0 Å². The van der Waals surface area contributed by atoms with E-state index in [2.05, 4.69) is 37.1 Å². The second-order valence-corrected chi connectivity index (χ2v) is 6.90. The van der Waals surface area contributed by atoms with Gasteiger partial charge in [-0.15, -0.1) is 0 Å². The molecular formula is C16H30N2. The molecule has 1 heterocycles. The van der Waals surface area contributed by atoms with E-state index in [1.807, 2.05) is 0 Å². The summed E-state index contributed by atoms with van der Waals surface area (Å²) in [6.45, 7) is 11.7. The van der Waals surface area contributed by atoms with E-state index in [1.165, 1.54) is 57.3 Å². The van der Waals surface area contributed by atoms with E-state index in [9.17, 15) is 0 Å². The van der Waals surface area contributed by atoms with Crippen LogP contribution in [0.25, 0.3) is 0 Å². The van der Waals surface area contributed by atoms with Gasteiger partial charge in [0.25, 0.3) is 0 Å². The number of hydrogen-bond donors (Lipinski definition) is 1. The molecule has 0 spiro atoms. The average molecular weight is 250 g/mol. The van der Waals surface area contributed by atoms with Gasteiger partial charge in [-0.2, -0.15) is 0 Å². The molecule has 0 radical (unpaired) electrons. The number of nitrogens with one attached hydrogen (secondary N) is 1. The SMILES string of the molecule is CC(C)=CCN1CCC(NCC2(C)CCC2)CC1. The second kappa shape index (κ2) is 6.21. The number of piperidine rings is 1. The molecule has 2 nitrogen and oxygen atoms in total. The topological polar surface area (TPSA) is 15.3 Å². The fourth-order valence-corrected chi connectivity index (χ4v) is 2.98. The van der Waals surface area contributed by atoms with E-state index in [4.69, 9.17) is 0 Å². The molecule has 1 N–H and O–H groups in total. The lowest BCUT2D eigenvalue weighted by atomic mass is 9.70. The Kier molecular flexibility index (Phi) is 4.85. The standard InChI is InChI=1S/C16H30N2/c1-14(2)5-10-18-11-6-15(7-12-18)17-13-16(3)8-4-9-16/h5,15,17H,4,6-13H2,1-3H3. The van der Waals surface area contributed by atoms with Crippen LogP contribution in [-0.4, -0.2) is 37.1 Å². The zero-order valence-corrected chi connectivity index (χ0v) is 12.5. The summed E-state index contributed by atoms with van der Waals surface area (Å²) in [6, 6.07) is 0.769. The Morgan fingerprint density at radius 3 is 2.44 bits per heavy atom. The quantitative estimate of drug-likeness (QED) is 0.754. The van der Waals surface area contributed by atoms with Crippen molar-refractivity contribution in [1.29, 1.82) is 0 Å². The van der Waals surface area contributed by atoms with Crippen LogP contribution in [0, 0.1) is 5.41 Å². The van der Waals surface area contributed by atoms with E-state index in [1.54, 1.807) is 0 Å². The first-order valence-electron chi connectivity index (χ1n) is 7.66. The van der Waals surface area contributed by atoms with Gasteiger partial charge in [0.15, 0.2) is 0 Å². The molecule has 0 amide bonds. The zero-order chi connectivity index (χ0) is 13.0. The summed E-state index contributed by atoms with van der Waals surface area (Å²) in [5, 5.41) is 3.81. The van der Waals surface area contributed by atoms with Crippen molar-refractivity contribution in [2.75, 3.05) is 26.2 Å². The fourth-order valence-electron chi connectivity index (χ4n) is 2.98. The zero-order valence-electron chi connectivity index (χ0n) is 12.5. The van der Waals surface area contributed by atoms with Gasteiger partial charge < -0.3 is 5.32 Å². The molecular weight excluding hydrogens is 220 g/mol. The third-order valence-electron chi connectivity index (χ3n) is 4.72. The van der Waals surface area contributed by atoms with Crippen LogP contribution in [0.1, 0.15) is 52.9 Å². The molecule has 0 bridgehead atoms. The second-order valence-electron chi connectivity index (χ2n) is 6.90. The van der Waals surface area contributed by atoms with Crippen molar-refractivity contribution in [2.45, 2.75) is 58.9 Å². The van der Waals surface area contributed by atoms with Gasteiger partial charge in [0.2, 0.25) is 0 Å². The molecule has 2 heteroatoms. The minimum Gasteiger partial charge on any atom is -0.313 e. The Morgan fingerprint density at radius 2 is 1.94 bits per heavy atom. The summed E-state index contributed by atoms with van der Waals surface area (Å²) in [6.07, 6.45) is 9.31. The van der Waals surface area contributed by atoms with Gasteiger partial charge in [-0.05, 0) is 58.0 Å². The van der Waals surface area contributed by atoms with Gasteiger partial charge in [-0.3, -0.25) is 4.90 Å². The monoisotopic (exact) mass is 250 g/mol. The van der Waals surface area contributed by atoms with E-state index >= 15 is 0 Å². The molecule has 1 aliphatic heterocycles. The first-order valence-corrected chi connectivity index (χ1v) is 7.66. The van der Waals surface area contributed by atoms with Crippen LogP contribution in [-0.2, 0) is 0 Å². The summed E-state index contributed by atoms with van der Waals surface area (Å²) in [5.41, 5.74) is 2.06. The first kappa shape index (κ1) is 14.1. The molecule has 0 aromatic rings. The molecule has 104 valence electrons. The van der Waals surface area contributed by atoms with Crippen LogP contribution in [0.3, 0.4) is 0 Å². The van der Waals surface area contributed by atoms with Crippen molar-refractivity contribution in [1.82, 2.24) is 10.2 Å². The summed E-state index contributed by atoms with van der Waals surface area (Å²) >= 11 is 0. The van der Waals surface area contributed by atoms with Crippen LogP contribution in [0.15, 0.2) is 11.6 Å². The highest BCUT2D eigenvalue weighted by Gasteiger charge is 2.32.